The molecule has 0 unspecified atom stereocenters. The van der Waals surface area contributed by atoms with Crippen molar-refractivity contribution in [2.24, 2.45) is 0 Å². The summed E-state index contributed by atoms with van der Waals surface area (Å²) in [5, 5.41) is 6.13. The van der Waals surface area contributed by atoms with Gasteiger partial charge in [-0.05, 0) is 41.5 Å². The molecule has 0 fully saturated rings. The SMILES string of the molecule is CN(c1ccccc1)S(=O)(=O)c1cccc(NC(=O)CNC(c2ccccc2)c2ccccc2)c1. The fourth-order valence-corrected chi connectivity index (χ4v) is 5.03. The molecule has 0 bridgehead atoms. The lowest BCUT2D eigenvalue weighted by Gasteiger charge is -2.20. The van der Waals surface area contributed by atoms with Crippen LogP contribution >= 0.6 is 0 Å². The molecule has 4 aromatic carbocycles. The van der Waals surface area contributed by atoms with Gasteiger partial charge in [0.05, 0.1) is 23.2 Å². The highest BCUT2D eigenvalue weighted by molar-refractivity contribution is 7.92. The molecule has 6 nitrogen and oxygen atoms in total. The molecule has 178 valence electrons. The fraction of sp³-hybridized carbons (Fsp3) is 0.107. The topological polar surface area (TPSA) is 78.5 Å². The van der Waals surface area contributed by atoms with Crippen LogP contribution in [0.1, 0.15) is 17.2 Å². The Hall–Kier alpha value is -3.94. The predicted molar refractivity (Wildman–Crippen MR) is 140 cm³/mol. The van der Waals surface area contributed by atoms with Crippen LogP contribution in [-0.4, -0.2) is 27.9 Å². The number of nitrogens with one attached hydrogen (secondary N) is 2. The van der Waals surface area contributed by atoms with Gasteiger partial charge in [0, 0.05) is 12.7 Å². The number of benzene rings is 4. The smallest absolute Gasteiger partial charge is 0.264 e. The average Bonchev–Trinajstić information content (AvgIpc) is 2.90. The summed E-state index contributed by atoms with van der Waals surface area (Å²) >= 11 is 0. The summed E-state index contributed by atoms with van der Waals surface area (Å²) in [4.78, 5) is 12.9. The molecule has 0 saturated heterocycles. The molecule has 0 aromatic heterocycles. The van der Waals surface area contributed by atoms with Crippen molar-refractivity contribution in [3.8, 4) is 0 Å². The van der Waals surface area contributed by atoms with E-state index in [0.717, 1.165) is 11.1 Å². The lowest BCUT2D eigenvalue weighted by atomic mass is 9.99. The molecule has 35 heavy (non-hydrogen) atoms. The van der Waals surface area contributed by atoms with Gasteiger partial charge in [0.15, 0.2) is 0 Å². The van der Waals surface area contributed by atoms with Crippen molar-refractivity contribution in [2.45, 2.75) is 10.9 Å². The van der Waals surface area contributed by atoms with Crippen molar-refractivity contribution in [3.05, 3.63) is 126 Å². The molecule has 0 aliphatic rings. The highest BCUT2D eigenvalue weighted by Gasteiger charge is 2.22. The van der Waals surface area contributed by atoms with E-state index in [2.05, 4.69) is 10.6 Å². The van der Waals surface area contributed by atoms with E-state index in [0.29, 0.717) is 11.4 Å². The molecular weight excluding hydrogens is 458 g/mol. The summed E-state index contributed by atoms with van der Waals surface area (Å²) in [6.07, 6.45) is 0. The van der Waals surface area contributed by atoms with Crippen LogP contribution in [0.3, 0.4) is 0 Å². The van der Waals surface area contributed by atoms with E-state index in [1.54, 1.807) is 36.4 Å². The number of para-hydroxylation sites is 1. The van der Waals surface area contributed by atoms with Gasteiger partial charge in [0.1, 0.15) is 0 Å². The molecule has 0 spiro atoms. The largest absolute Gasteiger partial charge is 0.325 e. The first-order chi connectivity index (χ1) is 16.9. The van der Waals surface area contributed by atoms with E-state index >= 15 is 0 Å². The number of rotatable bonds is 9. The van der Waals surface area contributed by atoms with Gasteiger partial charge in [-0.15, -0.1) is 0 Å². The van der Waals surface area contributed by atoms with Gasteiger partial charge < -0.3 is 5.32 Å². The molecule has 4 aromatic rings. The zero-order valence-electron chi connectivity index (χ0n) is 19.3. The molecule has 0 radical (unpaired) electrons. The lowest BCUT2D eigenvalue weighted by molar-refractivity contribution is -0.115. The number of carbonyl (C=O) groups excluding carboxylic acids is 1. The number of hydrogen-bond acceptors (Lipinski definition) is 4. The first-order valence-electron chi connectivity index (χ1n) is 11.2. The molecular formula is C28H27N3O3S. The molecule has 2 N–H and O–H groups in total. The molecule has 0 heterocycles. The second kappa shape index (κ2) is 11.0. The molecule has 4 rings (SSSR count). The molecule has 0 atom stereocenters. The van der Waals surface area contributed by atoms with Crippen LogP contribution in [0.25, 0.3) is 0 Å². The minimum atomic E-state index is -3.78. The third kappa shape index (κ3) is 5.95. The van der Waals surface area contributed by atoms with Crippen molar-refractivity contribution in [1.29, 1.82) is 0 Å². The van der Waals surface area contributed by atoms with Crippen LogP contribution < -0.4 is 14.9 Å². The van der Waals surface area contributed by atoms with E-state index in [4.69, 9.17) is 0 Å². The Morgan fingerprint density at radius 2 is 1.31 bits per heavy atom. The van der Waals surface area contributed by atoms with Crippen LogP contribution in [0.15, 0.2) is 120 Å². The summed E-state index contributed by atoms with van der Waals surface area (Å²) in [5.74, 6) is -0.271. The van der Waals surface area contributed by atoms with Gasteiger partial charge in [-0.2, -0.15) is 0 Å². The Bertz CT molecular complexity index is 1320. The van der Waals surface area contributed by atoms with Gasteiger partial charge in [0.25, 0.3) is 10.0 Å². The first-order valence-corrected chi connectivity index (χ1v) is 12.7. The normalized spacial score (nSPS) is 11.3. The molecule has 7 heteroatoms. The summed E-state index contributed by atoms with van der Waals surface area (Å²) in [6.45, 7) is 0.0509. The number of hydrogen-bond donors (Lipinski definition) is 2. The highest BCUT2D eigenvalue weighted by atomic mass is 32.2. The lowest BCUT2D eigenvalue weighted by Crippen LogP contribution is -2.32. The summed E-state index contributed by atoms with van der Waals surface area (Å²) in [5.41, 5.74) is 3.06. The standard InChI is InChI=1S/C28H27N3O3S/c1-31(25-17-9-4-10-18-25)35(33,34)26-19-11-16-24(20-26)30-27(32)21-29-28(22-12-5-2-6-13-22)23-14-7-3-8-15-23/h2-20,28-29H,21H2,1H3,(H,30,32). The zero-order chi connectivity index (χ0) is 24.7. The maximum absolute atomic E-state index is 13.1. The predicted octanol–water partition coefficient (Wildman–Crippen LogP) is 4.83. The van der Waals surface area contributed by atoms with Crippen molar-refractivity contribution in [3.63, 3.8) is 0 Å². The number of sulfonamides is 1. The van der Waals surface area contributed by atoms with Crippen LogP contribution in [0, 0.1) is 0 Å². The summed E-state index contributed by atoms with van der Waals surface area (Å²) in [6, 6.07) is 34.8. The van der Waals surface area contributed by atoms with Crippen LogP contribution in [-0.2, 0) is 14.8 Å². The molecule has 0 aliphatic heterocycles. The Morgan fingerprint density at radius 1 is 0.771 bits per heavy atom. The van der Waals surface area contributed by atoms with E-state index < -0.39 is 10.0 Å². The van der Waals surface area contributed by atoms with Crippen LogP contribution in [0.4, 0.5) is 11.4 Å². The Balaban J connectivity index is 1.46. The average molecular weight is 486 g/mol. The van der Waals surface area contributed by atoms with E-state index in [1.807, 2.05) is 66.7 Å². The van der Waals surface area contributed by atoms with Gasteiger partial charge in [-0.1, -0.05) is 84.9 Å². The second-order valence-corrected chi connectivity index (χ2v) is 9.99. The quantitative estimate of drug-likeness (QED) is 0.356. The number of nitrogens with zero attached hydrogens (tertiary/aromatic N) is 1. The van der Waals surface area contributed by atoms with E-state index in [-0.39, 0.29) is 23.4 Å². The second-order valence-electron chi connectivity index (χ2n) is 8.02. The minimum Gasteiger partial charge on any atom is -0.325 e. The molecule has 0 saturated carbocycles. The van der Waals surface area contributed by atoms with Crippen molar-refractivity contribution >= 4 is 27.3 Å². The highest BCUT2D eigenvalue weighted by Crippen LogP contribution is 2.24. The Morgan fingerprint density at radius 3 is 1.89 bits per heavy atom. The first kappa shape index (κ1) is 24.2. The van der Waals surface area contributed by atoms with Crippen molar-refractivity contribution < 1.29 is 13.2 Å². The van der Waals surface area contributed by atoms with Gasteiger partial charge >= 0.3 is 0 Å². The minimum absolute atomic E-state index is 0.0509. The summed E-state index contributed by atoms with van der Waals surface area (Å²) in [7, 11) is -2.27. The van der Waals surface area contributed by atoms with E-state index in [9.17, 15) is 13.2 Å². The number of carbonyl (C=O) groups is 1. The number of anilines is 2. The fourth-order valence-electron chi connectivity index (χ4n) is 3.79. The Labute approximate surface area is 206 Å². The molecule has 0 aliphatic carbocycles. The summed E-state index contributed by atoms with van der Waals surface area (Å²) < 4.78 is 27.4. The molecule has 1 amide bonds. The zero-order valence-corrected chi connectivity index (χ0v) is 20.2. The maximum Gasteiger partial charge on any atom is 0.264 e. The third-order valence-electron chi connectivity index (χ3n) is 5.63. The van der Waals surface area contributed by atoms with Gasteiger partial charge in [-0.3, -0.25) is 14.4 Å². The van der Waals surface area contributed by atoms with Gasteiger partial charge in [-0.25, -0.2) is 8.42 Å². The van der Waals surface area contributed by atoms with Gasteiger partial charge in [0.2, 0.25) is 5.91 Å². The van der Waals surface area contributed by atoms with Crippen molar-refractivity contribution in [2.75, 3.05) is 23.2 Å². The monoisotopic (exact) mass is 485 g/mol. The third-order valence-corrected chi connectivity index (χ3v) is 7.41. The van der Waals surface area contributed by atoms with Crippen LogP contribution in [0.5, 0.6) is 0 Å². The maximum atomic E-state index is 13.1. The van der Waals surface area contributed by atoms with E-state index in [1.165, 1.54) is 23.5 Å². The van der Waals surface area contributed by atoms with Crippen LogP contribution in [0.2, 0.25) is 0 Å². The Kier molecular flexibility index (Phi) is 7.60. The number of amides is 1. The van der Waals surface area contributed by atoms with Crippen molar-refractivity contribution in [1.82, 2.24) is 5.32 Å².